The number of methoxy groups -OCH3 is 1. The highest BCUT2D eigenvalue weighted by molar-refractivity contribution is 7.89. The molecule has 1 amide bonds. The summed E-state index contributed by atoms with van der Waals surface area (Å²) in [5.41, 5.74) is 1.41. The first-order chi connectivity index (χ1) is 14.1. The molecule has 0 bridgehead atoms. The number of carbonyl (C=O) groups is 1. The van der Waals surface area contributed by atoms with Crippen LogP contribution in [0.1, 0.15) is 43.6 Å². The molecular formula is C21H30N4O4S. The minimum Gasteiger partial charge on any atom is -0.495 e. The fourth-order valence-corrected chi connectivity index (χ4v) is 4.93. The number of aromatic amines is 1. The molecule has 2 N–H and O–H groups in total. The Morgan fingerprint density at radius 3 is 2.63 bits per heavy atom. The van der Waals surface area contributed by atoms with Crippen molar-refractivity contribution in [3.63, 3.8) is 0 Å². The van der Waals surface area contributed by atoms with E-state index in [4.69, 9.17) is 4.74 Å². The fourth-order valence-electron chi connectivity index (χ4n) is 3.85. The van der Waals surface area contributed by atoms with Gasteiger partial charge in [-0.3, -0.25) is 9.89 Å². The molecule has 2 aromatic rings. The Morgan fingerprint density at radius 2 is 1.97 bits per heavy atom. The molecule has 9 heteroatoms. The molecule has 3 atom stereocenters. The van der Waals surface area contributed by atoms with Crippen LogP contribution in [0.15, 0.2) is 29.2 Å². The average Bonchev–Trinajstić information content (AvgIpc) is 3.21. The minimum absolute atomic E-state index is 0.0477. The molecule has 1 fully saturated rings. The van der Waals surface area contributed by atoms with Gasteiger partial charge in [0.1, 0.15) is 16.3 Å². The Kier molecular flexibility index (Phi) is 6.52. The third kappa shape index (κ3) is 4.37. The number of carbonyl (C=O) groups excluding carboxylic acids is 1. The second kappa shape index (κ2) is 8.77. The first kappa shape index (κ1) is 22.3. The van der Waals surface area contributed by atoms with Crippen LogP contribution in [-0.4, -0.2) is 56.1 Å². The summed E-state index contributed by atoms with van der Waals surface area (Å²) in [4.78, 5) is 12.8. The van der Waals surface area contributed by atoms with Gasteiger partial charge in [-0.2, -0.15) is 5.10 Å². The fraction of sp³-hybridized carbons (Fsp3) is 0.524. The van der Waals surface area contributed by atoms with Crippen LogP contribution in [0.5, 0.6) is 5.75 Å². The lowest BCUT2D eigenvalue weighted by Gasteiger charge is -2.34. The largest absolute Gasteiger partial charge is 0.495 e. The van der Waals surface area contributed by atoms with Gasteiger partial charge >= 0.3 is 0 Å². The normalized spacial score (nSPS) is 22.1. The van der Waals surface area contributed by atoms with Gasteiger partial charge in [-0.05, 0) is 42.5 Å². The van der Waals surface area contributed by atoms with Crippen molar-refractivity contribution in [2.75, 3.05) is 21.2 Å². The predicted molar refractivity (Wildman–Crippen MR) is 115 cm³/mol. The molecule has 0 unspecified atom stereocenters. The molecule has 1 saturated carbocycles. The molecule has 1 aliphatic carbocycles. The zero-order valence-corrected chi connectivity index (χ0v) is 18.9. The summed E-state index contributed by atoms with van der Waals surface area (Å²) < 4.78 is 31.6. The molecular weight excluding hydrogens is 404 g/mol. The number of hydrogen-bond acceptors (Lipinski definition) is 5. The van der Waals surface area contributed by atoms with E-state index in [1.54, 1.807) is 18.2 Å². The van der Waals surface area contributed by atoms with Gasteiger partial charge in [0.05, 0.1) is 12.8 Å². The second-order valence-corrected chi connectivity index (χ2v) is 10.3. The lowest BCUT2D eigenvalue weighted by atomic mass is 9.78. The van der Waals surface area contributed by atoms with E-state index in [1.165, 1.54) is 33.7 Å². The molecule has 1 heterocycles. The summed E-state index contributed by atoms with van der Waals surface area (Å²) in [6.07, 6.45) is 3.28. The molecule has 0 saturated heterocycles. The van der Waals surface area contributed by atoms with Crippen molar-refractivity contribution in [3.8, 4) is 17.0 Å². The van der Waals surface area contributed by atoms with E-state index >= 15 is 0 Å². The zero-order chi connectivity index (χ0) is 22.1. The number of aromatic nitrogens is 2. The minimum atomic E-state index is -3.70. The van der Waals surface area contributed by atoms with Crippen molar-refractivity contribution in [1.82, 2.24) is 19.8 Å². The van der Waals surface area contributed by atoms with Gasteiger partial charge in [0.2, 0.25) is 10.0 Å². The number of H-pyrrole nitrogens is 1. The summed E-state index contributed by atoms with van der Waals surface area (Å²) in [5.74, 6) is 1.05. The van der Waals surface area contributed by atoms with Gasteiger partial charge in [0.15, 0.2) is 0 Å². The van der Waals surface area contributed by atoms with Crippen LogP contribution in [0.4, 0.5) is 0 Å². The van der Waals surface area contributed by atoms with E-state index in [0.29, 0.717) is 28.8 Å². The van der Waals surface area contributed by atoms with Crippen LogP contribution in [0.25, 0.3) is 11.3 Å². The Morgan fingerprint density at radius 1 is 1.23 bits per heavy atom. The Labute approximate surface area is 178 Å². The molecule has 0 radical (unpaired) electrons. The average molecular weight is 435 g/mol. The molecule has 8 nitrogen and oxygen atoms in total. The smallest absolute Gasteiger partial charge is 0.269 e. The molecule has 0 spiro atoms. The van der Waals surface area contributed by atoms with Gasteiger partial charge in [0.25, 0.3) is 5.91 Å². The summed E-state index contributed by atoms with van der Waals surface area (Å²) in [5, 5.41) is 10.1. The monoisotopic (exact) mass is 434 g/mol. The number of amides is 1. The van der Waals surface area contributed by atoms with E-state index in [-0.39, 0.29) is 22.6 Å². The highest BCUT2D eigenvalue weighted by Crippen LogP contribution is 2.31. The molecule has 1 aromatic heterocycles. The maximum Gasteiger partial charge on any atom is 0.269 e. The van der Waals surface area contributed by atoms with E-state index in [0.717, 1.165) is 17.1 Å². The SMILES string of the molecule is COc1ccc(-c2cc(C(=O)N[C@@H]3CCC[C@H](C)[C@H]3C)[nH]n2)cc1S(=O)(=O)N(C)C. The topological polar surface area (TPSA) is 104 Å². The molecule has 0 aliphatic heterocycles. The third-order valence-electron chi connectivity index (χ3n) is 6.06. The number of nitrogens with one attached hydrogen (secondary N) is 2. The molecule has 30 heavy (non-hydrogen) atoms. The molecule has 3 rings (SSSR count). The predicted octanol–water partition coefficient (Wildman–Crippen LogP) is 2.89. The summed E-state index contributed by atoms with van der Waals surface area (Å²) in [7, 11) is 0.653. The maximum atomic E-state index is 12.7. The maximum absolute atomic E-state index is 12.7. The number of ether oxygens (including phenoxy) is 1. The van der Waals surface area contributed by atoms with Crippen LogP contribution in [0.2, 0.25) is 0 Å². The van der Waals surface area contributed by atoms with Crippen LogP contribution in [0, 0.1) is 11.8 Å². The van der Waals surface area contributed by atoms with Crippen LogP contribution < -0.4 is 10.1 Å². The van der Waals surface area contributed by atoms with Gasteiger partial charge < -0.3 is 10.1 Å². The van der Waals surface area contributed by atoms with Gasteiger partial charge in [-0.25, -0.2) is 12.7 Å². The molecule has 1 aromatic carbocycles. The van der Waals surface area contributed by atoms with Crippen LogP contribution in [-0.2, 0) is 10.0 Å². The lowest BCUT2D eigenvalue weighted by molar-refractivity contribution is 0.0886. The highest BCUT2D eigenvalue weighted by Gasteiger charge is 2.29. The van der Waals surface area contributed by atoms with E-state index in [2.05, 4.69) is 29.4 Å². The van der Waals surface area contributed by atoms with Gasteiger partial charge in [-0.1, -0.05) is 26.7 Å². The van der Waals surface area contributed by atoms with E-state index in [1.807, 2.05) is 0 Å². The summed E-state index contributed by atoms with van der Waals surface area (Å²) in [6.45, 7) is 4.40. The van der Waals surface area contributed by atoms with Crippen LogP contribution >= 0.6 is 0 Å². The summed E-state index contributed by atoms with van der Waals surface area (Å²) in [6, 6.07) is 6.60. The standard InChI is InChI=1S/C21H30N4O4S/c1-13-7-6-8-16(14(13)2)22-21(26)18-12-17(23-24-18)15-9-10-19(29-5)20(11-15)30(27,28)25(3)4/h9-14,16H,6-8H2,1-5H3,(H,22,26)(H,23,24)/t13-,14+,16+/m0/s1. The Bertz CT molecular complexity index is 1020. The number of nitrogens with zero attached hydrogens (tertiary/aromatic N) is 2. The van der Waals surface area contributed by atoms with Crippen LogP contribution in [0.3, 0.4) is 0 Å². The van der Waals surface area contributed by atoms with Crippen molar-refractivity contribution in [2.24, 2.45) is 11.8 Å². The highest BCUT2D eigenvalue weighted by atomic mass is 32.2. The number of hydrogen-bond donors (Lipinski definition) is 2. The third-order valence-corrected chi connectivity index (χ3v) is 7.90. The Hall–Kier alpha value is -2.39. The molecule has 1 aliphatic rings. The van der Waals surface area contributed by atoms with Crippen molar-refractivity contribution < 1.29 is 17.9 Å². The van der Waals surface area contributed by atoms with Gasteiger partial charge in [0, 0.05) is 25.7 Å². The second-order valence-electron chi connectivity index (χ2n) is 8.17. The zero-order valence-electron chi connectivity index (χ0n) is 18.1. The van der Waals surface area contributed by atoms with E-state index < -0.39 is 10.0 Å². The number of benzene rings is 1. The van der Waals surface area contributed by atoms with E-state index in [9.17, 15) is 13.2 Å². The molecule has 164 valence electrons. The quantitative estimate of drug-likeness (QED) is 0.727. The first-order valence-electron chi connectivity index (χ1n) is 10.1. The summed E-state index contributed by atoms with van der Waals surface area (Å²) >= 11 is 0. The first-order valence-corrected chi connectivity index (χ1v) is 11.6. The number of sulfonamides is 1. The van der Waals surface area contributed by atoms with Crippen molar-refractivity contribution in [3.05, 3.63) is 30.0 Å². The number of rotatable bonds is 6. The lowest BCUT2D eigenvalue weighted by Crippen LogP contribution is -2.43. The Balaban J connectivity index is 1.85. The van der Waals surface area contributed by atoms with Crippen molar-refractivity contribution in [1.29, 1.82) is 0 Å². The van der Waals surface area contributed by atoms with Gasteiger partial charge in [-0.15, -0.1) is 0 Å². The van der Waals surface area contributed by atoms with Crippen molar-refractivity contribution in [2.45, 2.75) is 44.0 Å². The van der Waals surface area contributed by atoms with Crippen molar-refractivity contribution >= 4 is 15.9 Å².